The SMILES string of the molecule is CC1CCC(C)N(c2nc(N)nc(N3CCOCC3)n2)C1. The molecule has 2 N–H and O–H groups in total. The standard InChI is InChI=1S/C14H24N6O/c1-10-3-4-11(2)20(9-10)14-17-12(15)16-13(18-14)19-5-7-21-8-6-19/h10-11H,3-9H2,1-2H3,(H2,15,16,17,18). The summed E-state index contributed by atoms with van der Waals surface area (Å²) in [6.07, 6.45) is 2.42. The van der Waals surface area contributed by atoms with Crippen molar-refractivity contribution in [3.63, 3.8) is 0 Å². The molecule has 21 heavy (non-hydrogen) atoms. The first kappa shape index (κ1) is 14.3. The Morgan fingerprint density at radius 3 is 2.52 bits per heavy atom. The van der Waals surface area contributed by atoms with Crippen LogP contribution in [0.4, 0.5) is 17.8 Å². The van der Waals surface area contributed by atoms with Crippen LogP contribution in [0.25, 0.3) is 0 Å². The fraction of sp³-hybridized carbons (Fsp3) is 0.786. The van der Waals surface area contributed by atoms with Crippen LogP contribution in [-0.2, 0) is 4.74 Å². The molecule has 3 rings (SSSR count). The second-order valence-electron chi connectivity index (χ2n) is 6.08. The van der Waals surface area contributed by atoms with Crippen LogP contribution in [-0.4, -0.2) is 53.8 Å². The summed E-state index contributed by atoms with van der Waals surface area (Å²) in [6.45, 7) is 8.49. The van der Waals surface area contributed by atoms with Gasteiger partial charge in [-0.1, -0.05) is 6.92 Å². The van der Waals surface area contributed by atoms with Crippen LogP contribution in [0.1, 0.15) is 26.7 Å². The minimum atomic E-state index is 0.298. The average molecular weight is 292 g/mol. The van der Waals surface area contributed by atoms with Crippen LogP contribution in [0.5, 0.6) is 0 Å². The highest BCUT2D eigenvalue weighted by Crippen LogP contribution is 2.26. The lowest BCUT2D eigenvalue weighted by atomic mass is 9.95. The van der Waals surface area contributed by atoms with E-state index in [1.807, 2.05) is 0 Å². The molecular formula is C14H24N6O. The molecule has 2 saturated heterocycles. The third-order valence-electron chi connectivity index (χ3n) is 4.30. The van der Waals surface area contributed by atoms with Crippen molar-refractivity contribution < 1.29 is 4.74 Å². The van der Waals surface area contributed by atoms with E-state index >= 15 is 0 Å². The van der Waals surface area contributed by atoms with Gasteiger partial charge in [-0.15, -0.1) is 0 Å². The molecule has 7 heteroatoms. The molecule has 0 saturated carbocycles. The summed E-state index contributed by atoms with van der Waals surface area (Å²) >= 11 is 0. The van der Waals surface area contributed by atoms with Crippen molar-refractivity contribution >= 4 is 17.8 Å². The maximum Gasteiger partial charge on any atom is 0.232 e. The molecule has 7 nitrogen and oxygen atoms in total. The van der Waals surface area contributed by atoms with Gasteiger partial charge < -0.3 is 20.3 Å². The number of nitrogens with two attached hydrogens (primary N) is 1. The Morgan fingerprint density at radius 1 is 1.05 bits per heavy atom. The normalized spacial score (nSPS) is 27.0. The van der Waals surface area contributed by atoms with E-state index in [0.717, 1.165) is 19.6 Å². The van der Waals surface area contributed by atoms with E-state index in [-0.39, 0.29) is 0 Å². The first-order valence-corrected chi connectivity index (χ1v) is 7.74. The van der Waals surface area contributed by atoms with E-state index in [9.17, 15) is 0 Å². The lowest BCUT2D eigenvalue weighted by Crippen LogP contribution is -2.43. The molecule has 116 valence electrons. The number of hydrogen-bond acceptors (Lipinski definition) is 7. The molecular weight excluding hydrogens is 268 g/mol. The Morgan fingerprint density at radius 2 is 1.76 bits per heavy atom. The van der Waals surface area contributed by atoms with Crippen LogP contribution in [0.15, 0.2) is 0 Å². The maximum atomic E-state index is 5.91. The Kier molecular flexibility index (Phi) is 4.10. The number of morpholine rings is 1. The van der Waals surface area contributed by atoms with Crippen molar-refractivity contribution in [1.29, 1.82) is 0 Å². The van der Waals surface area contributed by atoms with Gasteiger partial charge in [-0.2, -0.15) is 15.0 Å². The summed E-state index contributed by atoms with van der Waals surface area (Å²) in [5.74, 6) is 2.34. The molecule has 2 unspecified atom stereocenters. The van der Waals surface area contributed by atoms with Gasteiger partial charge in [-0.25, -0.2) is 0 Å². The Hall–Kier alpha value is -1.63. The molecule has 2 atom stereocenters. The Labute approximate surface area is 125 Å². The molecule has 0 bridgehead atoms. The smallest absolute Gasteiger partial charge is 0.232 e. The lowest BCUT2D eigenvalue weighted by Gasteiger charge is -2.37. The fourth-order valence-electron chi connectivity index (χ4n) is 2.97. The van der Waals surface area contributed by atoms with Crippen molar-refractivity contribution in [2.45, 2.75) is 32.7 Å². The molecule has 0 aliphatic carbocycles. The zero-order valence-electron chi connectivity index (χ0n) is 12.8. The molecule has 1 aromatic rings. The van der Waals surface area contributed by atoms with Crippen LogP contribution in [0.2, 0.25) is 0 Å². The number of anilines is 3. The van der Waals surface area contributed by atoms with E-state index in [0.29, 0.717) is 43.0 Å². The van der Waals surface area contributed by atoms with Crippen LogP contribution < -0.4 is 15.5 Å². The molecule has 0 aromatic carbocycles. The zero-order chi connectivity index (χ0) is 14.8. The van der Waals surface area contributed by atoms with Crippen molar-refractivity contribution in [2.24, 2.45) is 5.92 Å². The van der Waals surface area contributed by atoms with Gasteiger partial charge in [0.25, 0.3) is 0 Å². The highest BCUT2D eigenvalue weighted by atomic mass is 16.5. The molecule has 1 aromatic heterocycles. The van der Waals surface area contributed by atoms with E-state index in [1.54, 1.807) is 0 Å². The highest BCUT2D eigenvalue weighted by molar-refractivity contribution is 5.44. The highest BCUT2D eigenvalue weighted by Gasteiger charge is 2.26. The van der Waals surface area contributed by atoms with Gasteiger partial charge in [0.2, 0.25) is 17.8 Å². The van der Waals surface area contributed by atoms with Gasteiger partial charge in [-0.05, 0) is 25.7 Å². The van der Waals surface area contributed by atoms with Gasteiger partial charge in [-0.3, -0.25) is 0 Å². The number of nitrogens with zero attached hydrogens (tertiary/aromatic N) is 5. The van der Waals surface area contributed by atoms with Crippen LogP contribution >= 0.6 is 0 Å². The minimum Gasteiger partial charge on any atom is -0.378 e. The third kappa shape index (κ3) is 3.18. The Bertz CT molecular complexity index is 490. The predicted octanol–water partition coefficient (Wildman–Crippen LogP) is 0.915. The third-order valence-corrected chi connectivity index (χ3v) is 4.30. The van der Waals surface area contributed by atoms with Gasteiger partial charge in [0, 0.05) is 25.7 Å². The minimum absolute atomic E-state index is 0.298. The summed E-state index contributed by atoms with van der Waals surface area (Å²) in [4.78, 5) is 17.7. The summed E-state index contributed by atoms with van der Waals surface area (Å²) in [5.41, 5.74) is 5.91. The van der Waals surface area contributed by atoms with Crippen LogP contribution in [0, 0.1) is 5.92 Å². The van der Waals surface area contributed by atoms with Crippen molar-refractivity contribution in [1.82, 2.24) is 15.0 Å². The van der Waals surface area contributed by atoms with Gasteiger partial charge in [0.15, 0.2) is 0 Å². The largest absolute Gasteiger partial charge is 0.378 e. The number of ether oxygens (including phenoxy) is 1. The average Bonchev–Trinajstić information content (AvgIpc) is 2.50. The van der Waals surface area contributed by atoms with Gasteiger partial charge >= 0.3 is 0 Å². The Balaban J connectivity index is 1.86. The molecule has 2 aliphatic heterocycles. The van der Waals surface area contributed by atoms with Crippen molar-refractivity contribution in [3.8, 4) is 0 Å². The van der Waals surface area contributed by atoms with Crippen molar-refractivity contribution in [2.75, 3.05) is 48.4 Å². The topological polar surface area (TPSA) is 80.4 Å². The molecule has 0 radical (unpaired) electrons. The van der Waals surface area contributed by atoms with Crippen molar-refractivity contribution in [3.05, 3.63) is 0 Å². The first-order chi connectivity index (χ1) is 10.1. The summed E-state index contributed by atoms with van der Waals surface area (Å²) < 4.78 is 5.37. The van der Waals surface area contributed by atoms with E-state index in [2.05, 4.69) is 38.6 Å². The molecule has 2 fully saturated rings. The monoisotopic (exact) mass is 292 g/mol. The molecule has 2 aliphatic rings. The maximum absolute atomic E-state index is 5.91. The number of rotatable bonds is 2. The quantitative estimate of drug-likeness (QED) is 0.868. The number of piperidine rings is 1. The molecule has 0 spiro atoms. The summed E-state index contributed by atoms with van der Waals surface area (Å²) in [5, 5.41) is 0. The number of hydrogen-bond donors (Lipinski definition) is 1. The zero-order valence-corrected chi connectivity index (χ0v) is 12.8. The van der Waals surface area contributed by atoms with Gasteiger partial charge in [0.1, 0.15) is 0 Å². The van der Waals surface area contributed by atoms with E-state index in [4.69, 9.17) is 10.5 Å². The van der Waals surface area contributed by atoms with Gasteiger partial charge in [0.05, 0.1) is 13.2 Å². The fourth-order valence-corrected chi connectivity index (χ4v) is 2.97. The molecule has 3 heterocycles. The van der Waals surface area contributed by atoms with Crippen LogP contribution in [0.3, 0.4) is 0 Å². The summed E-state index contributed by atoms with van der Waals surface area (Å²) in [6, 6.07) is 0.445. The molecule has 0 amide bonds. The lowest BCUT2D eigenvalue weighted by molar-refractivity contribution is 0.122. The second-order valence-corrected chi connectivity index (χ2v) is 6.08. The number of aromatic nitrogens is 3. The second kappa shape index (κ2) is 6.01. The number of nitrogen functional groups attached to an aromatic ring is 1. The first-order valence-electron chi connectivity index (χ1n) is 7.74. The predicted molar refractivity (Wildman–Crippen MR) is 82.5 cm³/mol. The van der Waals surface area contributed by atoms with E-state index in [1.165, 1.54) is 12.8 Å². The summed E-state index contributed by atoms with van der Waals surface area (Å²) in [7, 11) is 0. The van der Waals surface area contributed by atoms with E-state index < -0.39 is 0 Å².